The first-order chi connectivity index (χ1) is 15.6. The predicted molar refractivity (Wildman–Crippen MR) is 119 cm³/mol. The Bertz CT molecular complexity index is 1080. The molecule has 32 heavy (non-hydrogen) atoms. The lowest BCUT2D eigenvalue weighted by Gasteiger charge is -2.28. The highest BCUT2D eigenvalue weighted by molar-refractivity contribution is 5.91. The fraction of sp³-hybridized carbons (Fsp3) is 0.250. The van der Waals surface area contributed by atoms with E-state index in [0.29, 0.717) is 36.9 Å². The Balaban J connectivity index is 1.28. The molecule has 2 aromatic carbocycles. The Morgan fingerprint density at radius 2 is 1.88 bits per heavy atom. The van der Waals surface area contributed by atoms with Gasteiger partial charge >= 0.3 is 0 Å². The summed E-state index contributed by atoms with van der Waals surface area (Å²) in [5, 5.41) is 5.67. The van der Waals surface area contributed by atoms with Crippen molar-refractivity contribution in [3.63, 3.8) is 0 Å². The van der Waals surface area contributed by atoms with Crippen LogP contribution in [-0.2, 0) is 17.9 Å². The SMILES string of the molecule is COc1ccccc1OCc1ccc(C(=O)NCc2ccc(N3CCNC(=O)C3)cc2)o1. The van der Waals surface area contributed by atoms with E-state index in [1.165, 1.54) is 0 Å². The highest BCUT2D eigenvalue weighted by Crippen LogP contribution is 2.26. The van der Waals surface area contributed by atoms with Crippen LogP contribution in [0.1, 0.15) is 21.9 Å². The predicted octanol–water partition coefficient (Wildman–Crippen LogP) is 2.73. The number of furan rings is 1. The van der Waals surface area contributed by atoms with Crippen LogP contribution in [0, 0.1) is 0 Å². The van der Waals surface area contributed by atoms with Crippen molar-refractivity contribution >= 4 is 17.5 Å². The van der Waals surface area contributed by atoms with E-state index in [-0.39, 0.29) is 24.2 Å². The Morgan fingerprint density at radius 1 is 1.09 bits per heavy atom. The Hall–Kier alpha value is -3.94. The molecule has 1 aliphatic heterocycles. The van der Waals surface area contributed by atoms with Crippen LogP contribution in [0.25, 0.3) is 0 Å². The molecule has 0 bridgehead atoms. The maximum Gasteiger partial charge on any atom is 0.287 e. The summed E-state index contributed by atoms with van der Waals surface area (Å²) in [6.45, 7) is 2.34. The van der Waals surface area contributed by atoms with Gasteiger partial charge in [0.05, 0.1) is 13.7 Å². The molecule has 166 valence electrons. The van der Waals surface area contributed by atoms with Crippen molar-refractivity contribution in [1.29, 1.82) is 0 Å². The van der Waals surface area contributed by atoms with Gasteiger partial charge in [-0.2, -0.15) is 0 Å². The average Bonchev–Trinajstić information content (AvgIpc) is 3.31. The van der Waals surface area contributed by atoms with Crippen molar-refractivity contribution < 1.29 is 23.5 Å². The molecule has 0 radical (unpaired) electrons. The molecular formula is C24H25N3O5. The molecule has 8 nitrogen and oxygen atoms in total. The summed E-state index contributed by atoms with van der Waals surface area (Å²) in [6.07, 6.45) is 0. The summed E-state index contributed by atoms with van der Waals surface area (Å²) in [7, 11) is 1.58. The van der Waals surface area contributed by atoms with Crippen molar-refractivity contribution in [2.24, 2.45) is 0 Å². The number of para-hydroxylation sites is 2. The van der Waals surface area contributed by atoms with E-state index in [4.69, 9.17) is 13.9 Å². The molecular weight excluding hydrogens is 410 g/mol. The molecule has 0 saturated carbocycles. The van der Waals surface area contributed by atoms with Crippen LogP contribution in [0.3, 0.4) is 0 Å². The number of amides is 2. The van der Waals surface area contributed by atoms with Crippen molar-refractivity contribution in [1.82, 2.24) is 10.6 Å². The van der Waals surface area contributed by atoms with Crippen LogP contribution >= 0.6 is 0 Å². The zero-order valence-electron chi connectivity index (χ0n) is 17.8. The molecule has 1 fully saturated rings. The zero-order chi connectivity index (χ0) is 22.3. The van der Waals surface area contributed by atoms with E-state index < -0.39 is 0 Å². The molecule has 0 unspecified atom stereocenters. The average molecular weight is 435 g/mol. The van der Waals surface area contributed by atoms with Gasteiger partial charge in [0.15, 0.2) is 17.3 Å². The minimum Gasteiger partial charge on any atom is -0.493 e. The standard InChI is InChI=1S/C24H25N3O5/c1-30-20-4-2-3-5-21(20)31-16-19-10-11-22(32-19)24(29)26-14-17-6-8-18(9-7-17)27-13-12-25-23(28)15-27/h2-11H,12-16H2,1H3,(H,25,28)(H,26,29). The molecule has 2 N–H and O–H groups in total. The first-order valence-corrected chi connectivity index (χ1v) is 10.4. The number of nitrogens with one attached hydrogen (secondary N) is 2. The highest BCUT2D eigenvalue weighted by Gasteiger charge is 2.16. The Kier molecular flexibility index (Phi) is 6.60. The minimum absolute atomic E-state index is 0.0266. The molecule has 1 aromatic heterocycles. The number of piperazine rings is 1. The number of methoxy groups -OCH3 is 1. The summed E-state index contributed by atoms with van der Waals surface area (Å²) in [5.74, 6) is 1.72. The Labute approximate surface area is 186 Å². The molecule has 0 aliphatic carbocycles. The number of nitrogens with zero attached hydrogens (tertiary/aromatic N) is 1. The number of carbonyl (C=O) groups is 2. The van der Waals surface area contributed by atoms with E-state index in [2.05, 4.69) is 10.6 Å². The topological polar surface area (TPSA) is 93.0 Å². The minimum atomic E-state index is -0.301. The molecule has 3 aromatic rings. The lowest BCUT2D eigenvalue weighted by molar-refractivity contribution is -0.120. The van der Waals surface area contributed by atoms with Gasteiger partial charge in [-0.05, 0) is 42.0 Å². The van der Waals surface area contributed by atoms with Crippen molar-refractivity contribution in [3.05, 3.63) is 77.7 Å². The smallest absolute Gasteiger partial charge is 0.287 e. The van der Waals surface area contributed by atoms with Gasteiger partial charge in [-0.1, -0.05) is 24.3 Å². The zero-order valence-corrected chi connectivity index (χ0v) is 17.8. The van der Waals surface area contributed by atoms with Crippen LogP contribution < -0.4 is 25.0 Å². The fourth-order valence-electron chi connectivity index (χ4n) is 3.42. The van der Waals surface area contributed by atoms with Crippen LogP contribution in [-0.4, -0.2) is 38.6 Å². The first-order valence-electron chi connectivity index (χ1n) is 10.4. The molecule has 4 rings (SSSR count). The third-order valence-corrected chi connectivity index (χ3v) is 5.12. The van der Waals surface area contributed by atoms with E-state index >= 15 is 0 Å². The second-order valence-corrected chi connectivity index (χ2v) is 7.33. The Morgan fingerprint density at radius 3 is 2.62 bits per heavy atom. The fourth-order valence-corrected chi connectivity index (χ4v) is 3.42. The van der Waals surface area contributed by atoms with Gasteiger partial charge in [-0.25, -0.2) is 0 Å². The summed E-state index contributed by atoms with van der Waals surface area (Å²) in [4.78, 5) is 26.0. The highest BCUT2D eigenvalue weighted by atomic mass is 16.5. The van der Waals surface area contributed by atoms with Gasteiger partial charge in [0.25, 0.3) is 5.91 Å². The summed E-state index contributed by atoms with van der Waals surface area (Å²) in [6, 6.07) is 18.5. The lowest BCUT2D eigenvalue weighted by Crippen LogP contribution is -2.47. The molecule has 2 amide bonds. The lowest BCUT2D eigenvalue weighted by atomic mass is 10.2. The normalized spacial score (nSPS) is 13.4. The summed E-state index contributed by atoms with van der Waals surface area (Å²) >= 11 is 0. The number of hydrogen-bond donors (Lipinski definition) is 2. The van der Waals surface area contributed by atoms with Crippen LogP contribution in [0.4, 0.5) is 5.69 Å². The van der Waals surface area contributed by atoms with Crippen molar-refractivity contribution in [2.75, 3.05) is 31.6 Å². The third-order valence-electron chi connectivity index (χ3n) is 5.12. The summed E-state index contributed by atoms with van der Waals surface area (Å²) in [5.41, 5.74) is 1.94. The number of rotatable bonds is 8. The number of carbonyl (C=O) groups excluding carboxylic acids is 2. The van der Waals surface area contributed by atoms with Crippen molar-refractivity contribution in [2.45, 2.75) is 13.2 Å². The van der Waals surface area contributed by atoms with Gasteiger partial charge in [-0.15, -0.1) is 0 Å². The molecule has 8 heteroatoms. The second-order valence-electron chi connectivity index (χ2n) is 7.33. The van der Waals surface area contributed by atoms with Crippen LogP contribution in [0.5, 0.6) is 11.5 Å². The molecule has 1 saturated heterocycles. The van der Waals surface area contributed by atoms with Gasteiger partial charge in [-0.3, -0.25) is 9.59 Å². The molecule has 0 atom stereocenters. The van der Waals surface area contributed by atoms with E-state index in [9.17, 15) is 9.59 Å². The first kappa shape index (κ1) is 21.3. The number of anilines is 1. The molecule has 1 aliphatic rings. The maximum absolute atomic E-state index is 12.4. The van der Waals surface area contributed by atoms with E-state index in [1.807, 2.05) is 47.4 Å². The number of hydrogen-bond acceptors (Lipinski definition) is 6. The monoisotopic (exact) mass is 435 g/mol. The van der Waals surface area contributed by atoms with Crippen LogP contribution in [0.2, 0.25) is 0 Å². The van der Waals surface area contributed by atoms with E-state index in [1.54, 1.807) is 25.3 Å². The second kappa shape index (κ2) is 9.91. The number of benzene rings is 2. The van der Waals surface area contributed by atoms with Crippen molar-refractivity contribution in [3.8, 4) is 11.5 Å². The quantitative estimate of drug-likeness (QED) is 0.565. The molecule has 2 heterocycles. The van der Waals surface area contributed by atoms with Gasteiger partial charge in [0.2, 0.25) is 5.91 Å². The largest absolute Gasteiger partial charge is 0.493 e. The third kappa shape index (κ3) is 5.21. The van der Waals surface area contributed by atoms with Gasteiger partial charge in [0, 0.05) is 25.3 Å². The van der Waals surface area contributed by atoms with E-state index in [0.717, 1.165) is 17.8 Å². The summed E-state index contributed by atoms with van der Waals surface area (Å²) < 4.78 is 16.6. The number of ether oxygens (including phenoxy) is 2. The maximum atomic E-state index is 12.4. The van der Waals surface area contributed by atoms with Gasteiger partial charge in [0.1, 0.15) is 12.4 Å². The molecule has 0 spiro atoms. The van der Waals surface area contributed by atoms with Crippen LogP contribution in [0.15, 0.2) is 65.1 Å². The van der Waals surface area contributed by atoms with Gasteiger partial charge < -0.3 is 29.4 Å².